The molecule has 1 aromatic carbocycles. The van der Waals surface area contributed by atoms with Gasteiger partial charge in [0.1, 0.15) is 11.3 Å². The maximum Gasteiger partial charge on any atom is 0.344 e. The maximum absolute atomic E-state index is 11.5. The van der Waals surface area contributed by atoms with E-state index in [9.17, 15) is 15.0 Å². The second kappa shape index (κ2) is 6.12. The van der Waals surface area contributed by atoms with E-state index in [1.807, 2.05) is 6.92 Å². The van der Waals surface area contributed by atoms with Crippen LogP contribution in [0.25, 0.3) is 0 Å². The summed E-state index contributed by atoms with van der Waals surface area (Å²) >= 11 is 0. The van der Waals surface area contributed by atoms with Crippen LogP contribution in [0.2, 0.25) is 0 Å². The molecule has 0 saturated heterocycles. The number of carbonyl (C=O) groups is 1. The van der Waals surface area contributed by atoms with Crippen molar-refractivity contribution in [3.63, 3.8) is 0 Å². The number of aromatic hydroxyl groups is 1. The Morgan fingerprint density at radius 3 is 2.75 bits per heavy atom. The maximum atomic E-state index is 11.5. The van der Waals surface area contributed by atoms with Crippen molar-refractivity contribution >= 4 is 5.97 Å². The SMILES string of the molecule is CCCCC(O)OC(=O)c1ccccc1O. The molecule has 1 unspecified atom stereocenters. The number of esters is 1. The summed E-state index contributed by atoms with van der Waals surface area (Å²) in [6.07, 6.45) is 1.02. The van der Waals surface area contributed by atoms with Crippen LogP contribution < -0.4 is 0 Å². The second-order valence-electron chi connectivity index (χ2n) is 3.52. The number of aliphatic hydroxyl groups is 1. The lowest BCUT2D eigenvalue weighted by molar-refractivity contribution is -0.0693. The Bertz CT molecular complexity index is 349. The van der Waals surface area contributed by atoms with Crippen LogP contribution >= 0.6 is 0 Å². The van der Waals surface area contributed by atoms with E-state index in [2.05, 4.69) is 0 Å². The molecule has 1 atom stereocenters. The van der Waals surface area contributed by atoms with Crippen LogP contribution in [0.1, 0.15) is 36.5 Å². The number of rotatable bonds is 5. The zero-order valence-corrected chi connectivity index (χ0v) is 9.22. The number of aliphatic hydroxyl groups excluding tert-OH is 1. The summed E-state index contributed by atoms with van der Waals surface area (Å²) in [7, 11) is 0. The molecule has 0 saturated carbocycles. The molecule has 0 aliphatic rings. The van der Waals surface area contributed by atoms with E-state index in [4.69, 9.17) is 4.74 Å². The minimum Gasteiger partial charge on any atom is -0.507 e. The first-order valence-corrected chi connectivity index (χ1v) is 5.32. The predicted molar refractivity (Wildman–Crippen MR) is 59.1 cm³/mol. The topological polar surface area (TPSA) is 66.8 Å². The summed E-state index contributed by atoms with van der Waals surface area (Å²) < 4.78 is 4.78. The number of para-hydroxylation sites is 1. The number of hydrogen-bond acceptors (Lipinski definition) is 4. The van der Waals surface area contributed by atoms with E-state index >= 15 is 0 Å². The van der Waals surface area contributed by atoms with Crippen molar-refractivity contribution in [1.82, 2.24) is 0 Å². The number of hydrogen-bond donors (Lipinski definition) is 2. The number of ether oxygens (including phenoxy) is 1. The number of phenols is 1. The molecule has 0 aliphatic carbocycles. The molecule has 4 nitrogen and oxygen atoms in total. The van der Waals surface area contributed by atoms with Crippen LogP contribution in [-0.4, -0.2) is 22.5 Å². The van der Waals surface area contributed by atoms with Gasteiger partial charge >= 0.3 is 5.97 Å². The predicted octanol–water partition coefficient (Wildman–Crippen LogP) is 2.06. The van der Waals surface area contributed by atoms with Crippen LogP contribution in [0.15, 0.2) is 24.3 Å². The molecule has 0 amide bonds. The minimum absolute atomic E-state index is 0.0676. The molecule has 1 rings (SSSR count). The summed E-state index contributed by atoms with van der Waals surface area (Å²) in [4.78, 5) is 11.5. The quantitative estimate of drug-likeness (QED) is 0.593. The average molecular weight is 224 g/mol. The largest absolute Gasteiger partial charge is 0.507 e. The molecular formula is C12H16O4. The third-order valence-electron chi connectivity index (χ3n) is 2.17. The number of carbonyl (C=O) groups excluding carboxylic acids is 1. The van der Waals surface area contributed by atoms with E-state index in [-0.39, 0.29) is 11.3 Å². The summed E-state index contributed by atoms with van der Waals surface area (Å²) in [5.74, 6) is -0.850. The Morgan fingerprint density at radius 1 is 1.44 bits per heavy atom. The van der Waals surface area contributed by atoms with Gasteiger partial charge in [-0.2, -0.15) is 0 Å². The first-order valence-electron chi connectivity index (χ1n) is 5.32. The Balaban J connectivity index is 2.56. The molecular weight excluding hydrogens is 208 g/mol. The first kappa shape index (κ1) is 12.5. The average Bonchev–Trinajstić information content (AvgIpc) is 2.26. The van der Waals surface area contributed by atoms with E-state index in [0.717, 1.165) is 12.8 Å². The van der Waals surface area contributed by atoms with Crippen molar-refractivity contribution < 1.29 is 19.7 Å². The van der Waals surface area contributed by atoms with Crippen molar-refractivity contribution in [3.05, 3.63) is 29.8 Å². The highest BCUT2D eigenvalue weighted by molar-refractivity contribution is 5.92. The van der Waals surface area contributed by atoms with Gasteiger partial charge in [0.2, 0.25) is 6.29 Å². The number of unbranched alkanes of at least 4 members (excludes halogenated alkanes) is 1. The Hall–Kier alpha value is -1.55. The minimum atomic E-state index is -1.10. The standard InChI is InChI=1S/C12H16O4/c1-2-3-8-11(14)16-12(15)9-6-4-5-7-10(9)13/h4-7,11,13-14H,2-3,8H2,1H3. The van der Waals surface area contributed by atoms with E-state index in [1.165, 1.54) is 12.1 Å². The second-order valence-corrected chi connectivity index (χ2v) is 3.52. The van der Waals surface area contributed by atoms with Crippen LogP contribution in [-0.2, 0) is 4.74 Å². The van der Waals surface area contributed by atoms with Gasteiger partial charge in [0, 0.05) is 6.42 Å². The third kappa shape index (κ3) is 3.55. The van der Waals surface area contributed by atoms with Gasteiger partial charge in [-0.15, -0.1) is 0 Å². The molecule has 2 N–H and O–H groups in total. The zero-order chi connectivity index (χ0) is 12.0. The molecule has 0 radical (unpaired) electrons. The smallest absolute Gasteiger partial charge is 0.344 e. The van der Waals surface area contributed by atoms with Crippen LogP contribution in [0.4, 0.5) is 0 Å². The Kier molecular flexibility index (Phi) is 4.79. The van der Waals surface area contributed by atoms with Gasteiger partial charge < -0.3 is 14.9 Å². The molecule has 0 spiro atoms. The highest BCUT2D eigenvalue weighted by Gasteiger charge is 2.15. The molecule has 4 heteroatoms. The lowest BCUT2D eigenvalue weighted by atomic mass is 10.2. The molecule has 0 fully saturated rings. The number of phenolic OH excluding ortho intramolecular Hbond substituents is 1. The molecule has 0 aliphatic heterocycles. The first-order chi connectivity index (χ1) is 7.65. The molecule has 0 heterocycles. The van der Waals surface area contributed by atoms with Gasteiger partial charge in [0.05, 0.1) is 0 Å². The Morgan fingerprint density at radius 2 is 2.12 bits per heavy atom. The Labute approximate surface area is 94.5 Å². The van der Waals surface area contributed by atoms with Crippen LogP contribution in [0.5, 0.6) is 5.75 Å². The van der Waals surface area contributed by atoms with Crippen LogP contribution in [0, 0.1) is 0 Å². The van der Waals surface area contributed by atoms with E-state index in [1.54, 1.807) is 12.1 Å². The normalized spacial score (nSPS) is 12.1. The highest BCUT2D eigenvalue weighted by Crippen LogP contribution is 2.17. The van der Waals surface area contributed by atoms with Crippen molar-refractivity contribution in [2.45, 2.75) is 32.5 Å². The molecule has 16 heavy (non-hydrogen) atoms. The van der Waals surface area contributed by atoms with Gasteiger partial charge in [-0.25, -0.2) is 4.79 Å². The number of benzene rings is 1. The van der Waals surface area contributed by atoms with Gasteiger partial charge in [0.25, 0.3) is 0 Å². The fourth-order valence-electron chi connectivity index (χ4n) is 1.27. The van der Waals surface area contributed by atoms with Gasteiger partial charge in [-0.3, -0.25) is 0 Å². The van der Waals surface area contributed by atoms with Crippen molar-refractivity contribution in [2.75, 3.05) is 0 Å². The van der Waals surface area contributed by atoms with Crippen LogP contribution in [0.3, 0.4) is 0 Å². The summed E-state index contributed by atoms with van der Waals surface area (Å²) in [6.45, 7) is 1.98. The van der Waals surface area contributed by atoms with Crippen molar-refractivity contribution in [2.24, 2.45) is 0 Å². The lowest BCUT2D eigenvalue weighted by Crippen LogP contribution is -2.17. The van der Waals surface area contributed by atoms with Crippen molar-refractivity contribution in [3.8, 4) is 5.75 Å². The van der Waals surface area contributed by atoms with E-state index < -0.39 is 12.3 Å². The zero-order valence-electron chi connectivity index (χ0n) is 9.22. The van der Waals surface area contributed by atoms with E-state index in [0.29, 0.717) is 6.42 Å². The summed E-state index contributed by atoms with van der Waals surface area (Å²) in [5.41, 5.74) is 0.0676. The fourth-order valence-corrected chi connectivity index (χ4v) is 1.27. The molecule has 0 aromatic heterocycles. The molecule has 88 valence electrons. The van der Waals surface area contributed by atoms with Gasteiger partial charge in [0.15, 0.2) is 0 Å². The fraction of sp³-hybridized carbons (Fsp3) is 0.417. The lowest BCUT2D eigenvalue weighted by Gasteiger charge is -2.11. The van der Waals surface area contributed by atoms with Gasteiger partial charge in [-0.05, 0) is 18.6 Å². The molecule has 1 aromatic rings. The molecule has 0 bridgehead atoms. The summed E-state index contributed by atoms with van der Waals surface area (Å²) in [6, 6.07) is 6.08. The van der Waals surface area contributed by atoms with Gasteiger partial charge in [-0.1, -0.05) is 25.5 Å². The third-order valence-corrected chi connectivity index (χ3v) is 2.17. The highest BCUT2D eigenvalue weighted by atomic mass is 16.6. The summed E-state index contributed by atoms with van der Waals surface area (Å²) in [5, 5.41) is 18.8. The monoisotopic (exact) mass is 224 g/mol. The van der Waals surface area contributed by atoms with Crippen molar-refractivity contribution in [1.29, 1.82) is 0 Å².